The average Bonchev–Trinajstić information content (AvgIpc) is 3.42. The largest absolute Gasteiger partial charge is 0.497 e. The van der Waals surface area contributed by atoms with Crippen molar-refractivity contribution in [2.24, 2.45) is 0 Å². The zero-order valence-electron chi connectivity index (χ0n) is 15.3. The van der Waals surface area contributed by atoms with E-state index in [1.165, 1.54) is 11.8 Å². The molecule has 0 saturated heterocycles. The summed E-state index contributed by atoms with van der Waals surface area (Å²) in [5.41, 5.74) is 2.56. The van der Waals surface area contributed by atoms with Crippen LogP contribution in [0, 0.1) is 0 Å². The molecule has 142 valence electrons. The van der Waals surface area contributed by atoms with Gasteiger partial charge >= 0.3 is 0 Å². The van der Waals surface area contributed by atoms with Crippen molar-refractivity contribution in [2.45, 2.75) is 11.0 Å². The highest BCUT2D eigenvalue weighted by molar-refractivity contribution is 7.98. The molecule has 0 radical (unpaired) electrons. The van der Waals surface area contributed by atoms with Gasteiger partial charge in [0.2, 0.25) is 5.89 Å². The zero-order valence-corrected chi connectivity index (χ0v) is 16.1. The summed E-state index contributed by atoms with van der Waals surface area (Å²) in [7, 11) is 3.26. The fourth-order valence-electron chi connectivity index (χ4n) is 2.48. The van der Waals surface area contributed by atoms with Gasteiger partial charge in [-0.15, -0.1) is 15.3 Å². The molecule has 0 saturated carbocycles. The van der Waals surface area contributed by atoms with Crippen LogP contribution in [0.3, 0.4) is 0 Å². The fourth-order valence-corrected chi connectivity index (χ4v) is 3.12. The summed E-state index contributed by atoms with van der Waals surface area (Å²) in [6.45, 7) is 0. The minimum absolute atomic E-state index is 0.465. The number of benzene rings is 2. The molecule has 4 rings (SSSR count). The minimum atomic E-state index is 0.465. The van der Waals surface area contributed by atoms with Gasteiger partial charge in [-0.3, -0.25) is 0 Å². The first-order valence-corrected chi connectivity index (χ1v) is 9.40. The molecule has 0 aliphatic rings. The Morgan fingerprint density at radius 1 is 0.893 bits per heavy atom. The van der Waals surface area contributed by atoms with Crippen LogP contribution in [0.4, 0.5) is 0 Å². The lowest BCUT2D eigenvalue weighted by Gasteiger charge is -2.01. The molecule has 9 heteroatoms. The average molecular weight is 395 g/mol. The number of methoxy groups -OCH3 is 2. The van der Waals surface area contributed by atoms with Crippen LogP contribution >= 0.6 is 11.8 Å². The molecular weight excluding hydrogens is 378 g/mol. The normalized spacial score (nSPS) is 10.8. The van der Waals surface area contributed by atoms with Crippen LogP contribution in [-0.4, -0.2) is 39.4 Å². The van der Waals surface area contributed by atoms with Crippen molar-refractivity contribution < 1.29 is 13.9 Å². The predicted molar refractivity (Wildman–Crippen MR) is 104 cm³/mol. The summed E-state index contributed by atoms with van der Waals surface area (Å²) < 4.78 is 17.7. The molecule has 0 bridgehead atoms. The first kappa shape index (κ1) is 18.1. The van der Waals surface area contributed by atoms with Crippen LogP contribution in [0.2, 0.25) is 0 Å². The number of nitrogens with zero attached hydrogens (tertiary/aromatic N) is 5. The smallest absolute Gasteiger partial charge is 0.277 e. The third-order valence-electron chi connectivity index (χ3n) is 3.96. The molecule has 0 unspecified atom stereocenters. The van der Waals surface area contributed by atoms with Crippen LogP contribution < -0.4 is 9.47 Å². The molecule has 0 N–H and O–H groups in total. The lowest BCUT2D eigenvalue weighted by Crippen LogP contribution is -1.94. The van der Waals surface area contributed by atoms with Gasteiger partial charge < -0.3 is 13.9 Å². The number of aromatic nitrogens is 5. The topological polar surface area (TPSA) is 88.1 Å². The van der Waals surface area contributed by atoms with Crippen LogP contribution in [0.15, 0.2) is 64.4 Å². The Hall–Kier alpha value is -3.33. The third-order valence-corrected chi connectivity index (χ3v) is 4.82. The Morgan fingerprint density at radius 2 is 1.57 bits per heavy atom. The SMILES string of the molecule is COc1ccc(-c2nnc(SCc3cn(-c4ccc(OC)cc4)nn3)o2)cc1. The molecule has 4 aromatic rings. The molecule has 2 aromatic carbocycles. The van der Waals surface area contributed by atoms with Crippen molar-refractivity contribution in [3.05, 3.63) is 60.4 Å². The molecular formula is C19H17N5O3S. The van der Waals surface area contributed by atoms with Crippen LogP contribution in [-0.2, 0) is 5.75 Å². The molecule has 28 heavy (non-hydrogen) atoms. The summed E-state index contributed by atoms with van der Waals surface area (Å²) in [5.74, 6) is 2.61. The summed E-state index contributed by atoms with van der Waals surface area (Å²) in [6.07, 6.45) is 1.87. The lowest BCUT2D eigenvalue weighted by molar-refractivity contribution is 0.414. The number of rotatable bonds is 7. The molecule has 0 spiro atoms. The maximum atomic E-state index is 5.71. The monoisotopic (exact) mass is 395 g/mol. The van der Waals surface area contributed by atoms with Gasteiger partial charge in [-0.25, -0.2) is 4.68 Å². The summed E-state index contributed by atoms with van der Waals surface area (Å²) in [4.78, 5) is 0. The first-order valence-electron chi connectivity index (χ1n) is 8.41. The van der Waals surface area contributed by atoms with E-state index >= 15 is 0 Å². The van der Waals surface area contributed by atoms with E-state index in [4.69, 9.17) is 13.9 Å². The van der Waals surface area contributed by atoms with Gasteiger partial charge in [-0.05, 0) is 48.5 Å². The third kappa shape index (κ3) is 3.99. The Morgan fingerprint density at radius 3 is 2.25 bits per heavy atom. The predicted octanol–water partition coefficient (Wildman–Crippen LogP) is 3.63. The number of thioether (sulfide) groups is 1. The molecule has 2 heterocycles. The first-order chi connectivity index (χ1) is 13.7. The quantitative estimate of drug-likeness (QED) is 0.438. The van der Waals surface area contributed by atoms with E-state index in [1.54, 1.807) is 18.9 Å². The van der Waals surface area contributed by atoms with Gasteiger partial charge in [0.25, 0.3) is 5.22 Å². The Labute approximate surface area is 165 Å². The van der Waals surface area contributed by atoms with Gasteiger partial charge in [0.05, 0.1) is 31.8 Å². The van der Waals surface area contributed by atoms with E-state index in [1.807, 2.05) is 54.7 Å². The Bertz CT molecular complexity index is 958. The van der Waals surface area contributed by atoms with Crippen LogP contribution in [0.25, 0.3) is 17.1 Å². The van der Waals surface area contributed by atoms with Gasteiger partial charge in [0, 0.05) is 11.3 Å². The zero-order chi connectivity index (χ0) is 19.3. The Kier molecular flexibility index (Phi) is 5.24. The molecule has 0 fully saturated rings. The summed E-state index contributed by atoms with van der Waals surface area (Å²) in [6, 6.07) is 15.1. The number of hydrogen-bond donors (Lipinski definition) is 0. The van der Waals surface area contributed by atoms with Gasteiger partial charge in [-0.2, -0.15) is 0 Å². The second-order valence-electron chi connectivity index (χ2n) is 5.74. The molecule has 0 amide bonds. The minimum Gasteiger partial charge on any atom is -0.497 e. The second kappa shape index (κ2) is 8.13. The fraction of sp³-hybridized carbons (Fsp3) is 0.158. The Balaban J connectivity index is 1.39. The molecule has 0 aliphatic heterocycles. The maximum absolute atomic E-state index is 5.71. The highest BCUT2D eigenvalue weighted by Gasteiger charge is 2.11. The van der Waals surface area contributed by atoms with Crippen molar-refractivity contribution in [1.82, 2.24) is 25.2 Å². The van der Waals surface area contributed by atoms with E-state index in [2.05, 4.69) is 20.5 Å². The highest BCUT2D eigenvalue weighted by Crippen LogP contribution is 2.26. The van der Waals surface area contributed by atoms with Crippen molar-refractivity contribution in [3.8, 4) is 28.6 Å². The lowest BCUT2D eigenvalue weighted by atomic mass is 10.2. The van der Waals surface area contributed by atoms with E-state index in [-0.39, 0.29) is 0 Å². The highest BCUT2D eigenvalue weighted by atomic mass is 32.2. The molecule has 0 aliphatic carbocycles. The van der Waals surface area contributed by atoms with E-state index in [0.29, 0.717) is 16.9 Å². The van der Waals surface area contributed by atoms with Crippen molar-refractivity contribution in [1.29, 1.82) is 0 Å². The number of ether oxygens (including phenoxy) is 2. The van der Waals surface area contributed by atoms with Crippen molar-refractivity contribution >= 4 is 11.8 Å². The summed E-state index contributed by atoms with van der Waals surface area (Å²) >= 11 is 1.41. The summed E-state index contributed by atoms with van der Waals surface area (Å²) in [5, 5.41) is 17.0. The van der Waals surface area contributed by atoms with Crippen molar-refractivity contribution in [3.63, 3.8) is 0 Å². The standard InChI is InChI=1S/C19H17N5O3S/c1-25-16-7-3-13(4-8-16)18-21-22-19(27-18)28-12-14-11-24(23-20-14)15-5-9-17(26-2)10-6-15/h3-11H,12H2,1-2H3. The van der Waals surface area contributed by atoms with E-state index in [9.17, 15) is 0 Å². The second-order valence-corrected chi connectivity index (χ2v) is 6.67. The van der Waals surface area contributed by atoms with Gasteiger partial charge in [0.1, 0.15) is 11.5 Å². The number of hydrogen-bond acceptors (Lipinski definition) is 8. The van der Waals surface area contributed by atoms with E-state index < -0.39 is 0 Å². The van der Waals surface area contributed by atoms with Gasteiger partial charge in [0.15, 0.2) is 0 Å². The van der Waals surface area contributed by atoms with Crippen LogP contribution in [0.1, 0.15) is 5.69 Å². The molecule has 0 atom stereocenters. The van der Waals surface area contributed by atoms with Crippen LogP contribution in [0.5, 0.6) is 11.5 Å². The molecule has 8 nitrogen and oxygen atoms in total. The maximum Gasteiger partial charge on any atom is 0.277 e. The molecule has 2 aromatic heterocycles. The van der Waals surface area contributed by atoms with Gasteiger partial charge in [-0.1, -0.05) is 17.0 Å². The van der Waals surface area contributed by atoms with Crippen molar-refractivity contribution in [2.75, 3.05) is 14.2 Å². The van der Waals surface area contributed by atoms with E-state index in [0.717, 1.165) is 28.4 Å².